The minimum absolute atomic E-state index is 0.109. The Labute approximate surface area is 177 Å². The summed E-state index contributed by atoms with van der Waals surface area (Å²) in [7, 11) is 0. The number of nitrogens with one attached hydrogen (secondary N) is 2. The average Bonchev–Trinajstić information content (AvgIpc) is 3.02. The monoisotopic (exact) mass is 409 g/mol. The summed E-state index contributed by atoms with van der Waals surface area (Å²) in [5.41, 5.74) is 2.90. The molecule has 0 bridgehead atoms. The van der Waals surface area contributed by atoms with Crippen LogP contribution in [0.4, 0.5) is 4.79 Å². The van der Waals surface area contributed by atoms with Crippen molar-refractivity contribution in [1.82, 2.24) is 15.2 Å². The van der Waals surface area contributed by atoms with Crippen molar-refractivity contribution >= 4 is 33.8 Å². The van der Waals surface area contributed by atoms with Crippen LogP contribution in [-0.2, 0) is 22.6 Å². The summed E-state index contributed by atoms with van der Waals surface area (Å²) in [4.78, 5) is 24.2. The van der Waals surface area contributed by atoms with Gasteiger partial charge >= 0.3 is 6.09 Å². The number of aryl methyl sites for hydroxylation is 1. The molecule has 30 heavy (non-hydrogen) atoms. The first kappa shape index (κ1) is 21.7. The molecular weight excluding hydrogens is 378 g/mol. The van der Waals surface area contributed by atoms with Crippen molar-refractivity contribution in [3.05, 3.63) is 48.0 Å². The van der Waals surface area contributed by atoms with Gasteiger partial charge in [0.05, 0.1) is 5.92 Å². The van der Waals surface area contributed by atoms with Crippen LogP contribution in [0.2, 0.25) is 0 Å². The van der Waals surface area contributed by atoms with Crippen LogP contribution in [0, 0.1) is 5.92 Å². The molecule has 0 unspecified atom stereocenters. The van der Waals surface area contributed by atoms with Gasteiger partial charge in [0, 0.05) is 41.4 Å². The molecule has 0 saturated carbocycles. The van der Waals surface area contributed by atoms with Crippen molar-refractivity contribution in [2.45, 2.75) is 53.3 Å². The lowest BCUT2D eigenvalue weighted by Gasteiger charge is -2.20. The van der Waals surface area contributed by atoms with Gasteiger partial charge in [-0.15, -0.1) is 0 Å². The Morgan fingerprint density at radius 2 is 1.73 bits per heavy atom. The van der Waals surface area contributed by atoms with Gasteiger partial charge < -0.3 is 19.9 Å². The van der Waals surface area contributed by atoms with E-state index in [9.17, 15) is 9.59 Å². The van der Waals surface area contributed by atoms with E-state index in [1.54, 1.807) is 27.7 Å². The molecule has 6 heteroatoms. The van der Waals surface area contributed by atoms with E-state index in [1.165, 1.54) is 21.8 Å². The molecule has 0 aliphatic rings. The summed E-state index contributed by atoms with van der Waals surface area (Å²) in [6.07, 6.45) is -0.514. The van der Waals surface area contributed by atoms with Crippen molar-refractivity contribution in [1.29, 1.82) is 0 Å². The third-order valence-corrected chi connectivity index (χ3v) is 5.02. The molecule has 0 saturated heterocycles. The molecule has 1 heterocycles. The van der Waals surface area contributed by atoms with Crippen LogP contribution in [0.15, 0.2) is 42.5 Å². The number of carbonyl (C=O) groups excluding carboxylic acids is 2. The number of hydrogen-bond acceptors (Lipinski definition) is 3. The minimum atomic E-state index is -0.560. The maximum Gasteiger partial charge on any atom is 0.407 e. The summed E-state index contributed by atoms with van der Waals surface area (Å²) in [5, 5.41) is 8.03. The molecule has 0 fully saturated rings. The number of para-hydroxylation sites is 1. The lowest BCUT2D eigenvalue weighted by Crippen LogP contribution is -2.39. The Bertz CT molecular complexity index is 1060. The van der Waals surface area contributed by atoms with Gasteiger partial charge in [-0.3, -0.25) is 4.79 Å². The van der Waals surface area contributed by atoms with Crippen LogP contribution < -0.4 is 10.6 Å². The number of fused-ring (bicyclic) bond motifs is 3. The SMILES string of the molecule is CCn1c2ccccc2c2cc(CNC(=O)[C@@H](C)CNC(=O)OC(C)(C)C)ccc21. The Morgan fingerprint density at radius 1 is 1.03 bits per heavy atom. The Hall–Kier alpha value is -3.02. The zero-order chi connectivity index (χ0) is 21.9. The third kappa shape index (κ3) is 4.93. The highest BCUT2D eigenvalue weighted by atomic mass is 16.6. The number of benzene rings is 2. The fraction of sp³-hybridized carbons (Fsp3) is 0.417. The van der Waals surface area contributed by atoms with Gasteiger partial charge in [0.15, 0.2) is 0 Å². The second-order valence-electron chi connectivity index (χ2n) is 8.61. The van der Waals surface area contributed by atoms with E-state index >= 15 is 0 Å². The fourth-order valence-electron chi connectivity index (χ4n) is 3.56. The summed E-state index contributed by atoms with van der Waals surface area (Å²) >= 11 is 0. The van der Waals surface area contributed by atoms with Gasteiger partial charge in [-0.1, -0.05) is 31.2 Å². The van der Waals surface area contributed by atoms with Gasteiger partial charge in [-0.2, -0.15) is 0 Å². The number of rotatable bonds is 6. The molecule has 0 aliphatic heterocycles. The largest absolute Gasteiger partial charge is 0.444 e. The molecule has 2 N–H and O–H groups in total. The van der Waals surface area contributed by atoms with Crippen molar-refractivity contribution < 1.29 is 14.3 Å². The molecule has 0 radical (unpaired) electrons. The highest BCUT2D eigenvalue weighted by Crippen LogP contribution is 2.29. The molecule has 2 amide bonds. The predicted molar refractivity (Wildman–Crippen MR) is 120 cm³/mol. The average molecular weight is 410 g/mol. The number of carbonyl (C=O) groups is 2. The van der Waals surface area contributed by atoms with Gasteiger partial charge in [-0.05, 0) is 51.5 Å². The van der Waals surface area contributed by atoms with Crippen LogP contribution in [0.3, 0.4) is 0 Å². The molecule has 1 atom stereocenters. The Balaban J connectivity index is 1.63. The standard InChI is InChI=1S/C24H31N3O3/c1-6-27-20-10-8-7-9-18(20)19-13-17(11-12-21(19)27)15-25-22(28)16(2)14-26-23(29)30-24(3,4)5/h7-13,16H,6,14-15H2,1-5H3,(H,25,28)(H,26,29)/t16-/m0/s1. The molecule has 0 aliphatic carbocycles. The molecular formula is C24H31N3O3. The van der Waals surface area contributed by atoms with Crippen molar-refractivity contribution in [3.63, 3.8) is 0 Å². The molecule has 3 aromatic rings. The van der Waals surface area contributed by atoms with Crippen LogP contribution >= 0.6 is 0 Å². The summed E-state index contributed by atoms with van der Waals surface area (Å²) in [5.74, 6) is -0.467. The van der Waals surface area contributed by atoms with Gasteiger partial charge in [-0.25, -0.2) is 4.79 Å². The van der Waals surface area contributed by atoms with E-state index < -0.39 is 11.7 Å². The molecule has 0 spiro atoms. The molecule has 160 valence electrons. The zero-order valence-corrected chi connectivity index (χ0v) is 18.4. The number of aromatic nitrogens is 1. The van der Waals surface area contributed by atoms with Gasteiger partial charge in [0.1, 0.15) is 5.60 Å². The lowest BCUT2D eigenvalue weighted by atomic mass is 10.1. The first-order chi connectivity index (χ1) is 14.2. The second-order valence-corrected chi connectivity index (χ2v) is 8.61. The number of amides is 2. The first-order valence-electron chi connectivity index (χ1n) is 10.4. The molecule has 2 aromatic carbocycles. The van der Waals surface area contributed by atoms with Crippen molar-refractivity contribution in [2.24, 2.45) is 5.92 Å². The van der Waals surface area contributed by atoms with Crippen molar-refractivity contribution in [3.8, 4) is 0 Å². The predicted octanol–water partition coefficient (Wildman–Crippen LogP) is 4.59. The van der Waals surface area contributed by atoms with Crippen LogP contribution in [0.5, 0.6) is 0 Å². The smallest absolute Gasteiger partial charge is 0.407 e. The van der Waals surface area contributed by atoms with Crippen LogP contribution in [-0.4, -0.2) is 28.7 Å². The highest BCUT2D eigenvalue weighted by molar-refractivity contribution is 6.08. The van der Waals surface area contributed by atoms with E-state index in [-0.39, 0.29) is 18.4 Å². The van der Waals surface area contributed by atoms with E-state index in [0.717, 1.165) is 12.1 Å². The van der Waals surface area contributed by atoms with Crippen LogP contribution in [0.1, 0.15) is 40.2 Å². The topological polar surface area (TPSA) is 72.4 Å². The molecule has 3 rings (SSSR count). The lowest BCUT2D eigenvalue weighted by molar-refractivity contribution is -0.124. The Kier molecular flexibility index (Phi) is 6.34. The van der Waals surface area contributed by atoms with E-state index in [0.29, 0.717) is 6.54 Å². The van der Waals surface area contributed by atoms with E-state index in [1.807, 2.05) is 0 Å². The third-order valence-electron chi connectivity index (χ3n) is 5.02. The molecule has 1 aromatic heterocycles. The quantitative estimate of drug-likeness (QED) is 0.625. The second kappa shape index (κ2) is 8.78. The number of nitrogens with zero attached hydrogens (tertiary/aromatic N) is 1. The van der Waals surface area contributed by atoms with Crippen molar-refractivity contribution in [2.75, 3.05) is 6.54 Å². The molecule has 6 nitrogen and oxygen atoms in total. The van der Waals surface area contributed by atoms with E-state index in [2.05, 4.69) is 64.6 Å². The summed E-state index contributed by atoms with van der Waals surface area (Å²) in [6, 6.07) is 14.7. The number of ether oxygens (including phenoxy) is 1. The Morgan fingerprint density at radius 3 is 2.43 bits per heavy atom. The van der Waals surface area contributed by atoms with Gasteiger partial charge in [0.2, 0.25) is 5.91 Å². The number of hydrogen-bond donors (Lipinski definition) is 2. The summed E-state index contributed by atoms with van der Waals surface area (Å²) in [6.45, 7) is 10.9. The maximum absolute atomic E-state index is 12.4. The zero-order valence-electron chi connectivity index (χ0n) is 18.4. The van der Waals surface area contributed by atoms with Crippen LogP contribution in [0.25, 0.3) is 21.8 Å². The normalized spacial score (nSPS) is 12.7. The fourth-order valence-corrected chi connectivity index (χ4v) is 3.56. The van der Waals surface area contributed by atoms with E-state index in [4.69, 9.17) is 4.74 Å². The maximum atomic E-state index is 12.4. The minimum Gasteiger partial charge on any atom is -0.444 e. The van der Waals surface area contributed by atoms with Gasteiger partial charge in [0.25, 0.3) is 0 Å². The first-order valence-corrected chi connectivity index (χ1v) is 10.4. The number of alkyl carbamates (subject to hydrolysis) is 1. The summed E-state index contributed by atoms with van der Waals surface area (Å²) < 4.78 is 7.50. The highest BCUT2D eigenvalue weighted by Gasteiger charge is 2.19.